The monoisotopic (exact) mass is 449 g/mol. The van der Waals surface area contributed by atoms with Crippen LogP contribution in [-0.4, -0.2) is 43.2 Å². The predicted octanol–water partition coefficient (Wildman–Crippen LogP) is 4.46. The first-order valence-corrected chi connectivity index (χ1v) is 10.1. The zero-order valence-corrected chi connectivity index (χ0v) is 18.4. The topological polar surface area (TPSA) is 95.7 Å². The van der Waals surface area contributed by atoms with Crippen LogP contribution in [0.5, 0.6) is 17.2 Å². The summed E-state index contributed by atoms with van der Waals surface area (Å²) in [6.45, 7) is 1.89. The van der Waals surface area contributed by atoms with Gasteiger partial charge in [-0.3, -0.25) is 4.79 Å². The van der Waals surface area contributed by atoms with E-state index in [9.17, 15) is 4.79 Å². The van der Waals surface area contributed by atoms with Crippen molar-refractivity contribution in [2.24, 2.45) is 0 Å². The van der Waals surface area contributed by atoms with Crippen molar-refractivity contribution in [1.82, 2.24) is 10.2 Å². The number of hydrogen-bond acceptors (Lipinski definition) is 8. The summed E-state index contributed by atoms with van der Waals surface area (Å²) in [5.41, 5.74) is 2.18. The van der Waals surface area contributed by atoms with Crippen molar-refractivity contribution < 1.29 is 23.4 Å². The second-order valence-electron chi connectivity index (χ2n) is 6.08. The van der Waals surface area contributed by atoms with Crippen LogP contribution in [0.15, 0.2) is 40.0 Å². The van der Waals surface area contributed by atoms with E-state index in [0.717, 1.165) is 17.3 Å². The highest BCUT2D eigenvalue weighted by molar-refractivity contribution is 7.99. The number of ether oxygens (including phenoxy) is 3. The molecular weight excluding hydrogens is 430 g/mol. The molecule has 0 saturated heterocycles. The number of rotatable bonds is 8. The van der Waals surface area contributed by atoms with Gasteiger partial charge in [0.05, 0.1) is 27.1 Å². The Labute approximate surface area is 182 Å². The third-order valence-electron chi connectivity index (χ3n) is 4.12. The third kappa shape index (κ3) is 4.98. The van der Waals surface area contributed by atoms with Gasteiger partial charge in [0.1, 0.15) is 0 Å². The van der Waals surface area contributed by atoms with E-state index in [1.54, 1.807) is 24.3 Å². The number of amides is 1. The van der Waals surface area contributed by atoms with Gasteiger partial charge in [0.25, 0.3) is 5.22 Å². The van der Waals surface area contributed by atoms with Crippen molar-refractivity contribution in [3.8, 4) is 28.7 Å². The summed E-state index contributed by atoms with van der Waals surface area (Å²) in [7, 11) is 4.57. The summed E-state index contributed by atoms with van der Waals surface area (Å²) in [6.07, 6.45) is 0. The summed E-state index contributed by atoms with van der Waals surface area (Å²) in [6, 6.07) is 8.72. The lowest BCUT2D eigenvalue weighted by atomic mass is 10.2. The molecule has 158 valence electrons. The highest BCUT2D eigenvalue weighted by atomic mass is 35.5. The lowest BCUT2D eigenvalue weighted by molar-refractivity contribution is -0.113. The second-order valence-corrected chi connectivity index (χ2v) is 7.45. The van der Waals surface area contributed by atoms with Crippen LogP contribution in [0.2, 0.25) is 5.02 Å². The minimum absolute atomic E-state index is 0.100. The Morgan fingerprint density at radius 1 is 1.10 bits per heavy atom. The number of aromatic nitrogens is 2. The SMILES string of the molecule is COc1cc(-c2nnc(SCC(=O)Nc3cc(Cl)ccc3C)o2)cc(OC)c1OC. The van der Waals surface area contributed by atoms with Gasteiger partial charge in [-0.1, -0.05) is 29.4 Å². The number of thioether (sulfide) groups is 1. The highest BCUT2D eigenvalue weighted by Crippen LogP contribution is 2.41. The molecule has 3 rings (SSSR count). The van der Waals surface area contributed by atoms with E-state index in [1.165, 1.54) is 21.3 Å². The maximum absolute atomic E-state index is 12.3. The molecule has 0 bridgehead atoms. The summed E-state index contributed by atoms with van der Waals surface area (Å²) in [5, 5.41) is 11.7. The molecule has 1 aromatic heterocycles. The van der Waals surface area contributed by atoms with Gasteiger partial charge in [0.2, 0.25) is 17.5 Å². The van der Waals surface area contributed by atoms with Gasteiger partial charge in [0, 0.05) is 16.3 Å². The number of nitrogens with zero attached hydrogens (tertiary/aromatic N) is 2. The molecule has 10 heteroatoms. The fourth-order valence-corrected chi connectivity index (χ4v) is 3.37. The van der Waals surface area contributed by atoms with Crippen LogP contribution in [0.25, 0.3) is 11.5 Å². The Balaban J connectivity index is 1.69. The first-order valence-electron chi connectivity index (χ1n) is 8.77. The van der Waals surface area contributed by atoms with Gasteiger partial charge < -0.3 is 23.9 Å². The van der Waals surface area contributed by atoms with Gasteiger partial charge in [-0.15, -0.1) is 10.2 Å². The Kier molecular flexibility index (Phi) is 7.07. The minimum atomic E-state index is -0.210. The smallest absolute Gasteiger partial charge is 0.277 e. The fraction of sp³-hybridized carbons (Fsp3) is 0.250. The molecule has 1 N–H and O–H groups in total. The number of carbonyl (C=O) groups excluding carboxylic acids is 1. The molecule has 1 heterocycles. The molecule has 30 heavy (non-hydrogen) atoms. The highest BCUT2D eigenvalue weighted by Gasteiger charge is 2.18. The fourth-order valence-electron chi connectivity index (χ4n) is 2.63. The molecule has 0 aliphatic carbocycles. The molecule has 0 radical (unpaired) electrons. The first kappa shape index (κ1) is 21.8. The van der Waals surface area contributed by atoms with Gasteiger partial charge >= 0.3 is 0 Å². The molecule has 2 aromatic carbocycles. The van der Waals surface area contributed by atoms with Crippen molar-refractivity contribution >= 4 is 35.0 Å². The minimum Gasteiger partial charge on any atom is -0.493 e. The predicted molar refractivity (Wildman–Crippen MR) is 115 cm³/mol. The molecule has 0 saturated carbocycles. The number of hydrogen-bond donors (Lipinski definition) is 1. The van der Waals surface area contributed by atoms with Gasteiger partial charge in [-0.05, 0) is 36.8 Å². The van der Waals surface area contributed by atoms with Crippen LogP contribution in [0, 0.1) is 6.92 Å². The van der Waals surface area contributed by atoms with Gasteiger partial charge in [-0.2, -0.15) is 0 Å². The van der Waals surface area contributed by atoms with Crippen molar-refractivity contribution in [1.29, 1.82) is 0 Å². The van der Waals surface area contributed by atoms with E-state index in [1.807, 2.05) is 13.0 Å². The lowest BCUT2D eigenvalue weighted by Crippen LogP contribution is -2.14. The van der Waals surface area contributed by atoms with Crippen LogP contribution >= 0.6 is 23.4 Å². The van der Waals surface area contributed by atoms with Gasteiger partial charge in [0.15, 0.2) is 11.5 Å². The Morgan fingerprint density at radius 3 is 2.43 bits per heavy atom. The number of aryl methyl sites for hydroxylation is 1. The number of benzene rings is 2. The van der Waals surface area contributed by atoms with Crippen molar-refractivity contribution in [3.63, 3.8) is 0 Å². The average molecular weight is 450 g/mol. The van der Waals surface area contributed by atoms with E-state index in [0.29, 0.717) is 33.5 Å². The Morgan fingerprint density at radius 2 is 1.80 bits per heavy atom. The van der Waals surface area contributed by atoms with Crippen LogP contribution in [0.1, 0.15) is 5.56 Å². The van der Waals surface area contributed by atoms with Crippen molar-refractivity contribution in [2.75, 3.05) is 32.4 Å². The quantitative estimate of drug-likeness (QED) is 0.504. The van der Waals surface area contributed by atoms with Crippen LogP contribution in [-0.2, 0) is 4.79 Å². The number of nitrogens with one attached hydrogen (secondary N) is 1. The van der Waals surface area contributed by atoms with Crippen molar-refractivity contribution in [2.45, 2.75) is 12.1 Å². The number of anilines is 1. The molecule has 0 fully saturated rings. The number of carbonyl (C=O) groups is 1. The molecule has 0 aliphatic heterocycles. The summed E-state index contributed by atoms with van der Waals surface area (Å²) in [4.78, 5) is 12.3. The lowest BCUT2D eigenvalue weighted by Gasteiger charge is -2.12. The summed E-state index contributed by atoms with van der Waals surface area (Å²) in [5.74, 6) is 1.56. The van der Waals surface area contributed by atoms with E-state index in [-0.39, 0.29) is 22.8 Å². The third-order valence-corrected chi connectivity index (χ3v) is 5.17. The molecular formula is C20H20ClN3O5S. The zero-order chi connectivity index (χ0) is 21.7. The molecule has 0 unspecified atom stereocenters. The number of halogens is 1. The normalized spacial score (nSPS) is 10.6. The molecule has 8 nitrogen and oxygen atoms in total. The van der Waals surface area contributed by atoms with Crippen LogP contribution < -0.4 is 19.5 Å². The second kappa shape index (κ2) is 9.73. The molecule has 3 aromatic rings. The maximum atomic E-state index is 12.3. The van der Waals surface area contributed by atoms with Crippen LogP contribution in [0.4, 0.5) is 5.69 Å². The van der Waals surface area contributed by atoms with Crippen LogP contribution in [0.3, 0.4) is 0 Å². The maximum Gasteiger partial charge on any atom is 0.277 e. The number of methoxy groups -OCH3 is 3. The van der Waals surface area contributed by atoms with E-state index < -0.39 is 0 Å². The first-order chi connectivity index (χ1) is 14.4. The molecule has 1 amide bonds. The Bertz CT molecular complexity index is 1030. The Hall–Kier alpha value is -2.91. The summed E-state index contributed by atoms with van der Waals surface area (Å²) >= 11 is 7.11. The molecule has 0 atom stereocenters. The van der Waals surface area contributed by atoms with E-state index in [2.05, 4.69) is 15.5 Å². The zero-order valence-electron chi connectivity index (χ0n) is 16.8. The molecule has 0 aliphatic rings. The van der Waals surface area contributed by atoms with Crippen molar-refractivity contribution in [3.05, 3.63) is 40.9 Å². The molecule has 0 spiro atoms. The average Bonchev–Trinajstić information content (AvgIpc) is 3.22. The van der Waals surface area contributed by atoms with E-state index >= 15 is 0 Å². The largest absolute Gasteiger partial charge is 0.493 e. The van der Waals surface area contributed by atoms with Gasteiger partial charge in [-0.25, -0.2) is 0 Å². The summed E-state index contributed by atoms with van der Waals surface area (Å²) < 4.78 is 21.7. The standard InChI is InChI=1S/C20H20ClN3O5S/c1-11-5-6-13(21)9-14(11)22-17(25)10-30-20-24-23-19(29-20)12-7-15(26-2)18(28-4)16(8-12)27-3/h5-9H,10H2,1-4H3,(H,22,25). The van der Waals surface area contributed by atoms with E-state index in [4.69, 9.17) is 30.2 Å².